The van der Waals surface area contributed by atoms with Crippen molar-refractivity contribution in [2.24, 2.45) is 0 Å². The van der Waals surface area contributed by atoms with Crippen molar-refractivity contribution in [2.75, 3.05) is 7.11 Å². The summed E-state index contributed by atoms with van der Waals surface area (Å²) in [5, 5.41) is 0. The molecule has 16 heavy (non-hydrogen) atoms. The Labute approximate surface area is 92.0 Å². The first kappa shape index (κ1) is 10.6. The van der Waals surface area contributed by atoms with Crippen LogP contribution in [0.5, 0.6) is 0 Å². The van der Waals surface area contributed by atoms with Gasteiger partial charge < -0.3 is 4.74 Å². The fraction of sp³-hybridized carbons (Fsp3) is 0.364. The Bertz CT molecular complexity index is 498. The summed E-state index contributed by atoms with van der Waals surface area (Å²) in [6.45, 7) is 1.77. The highest BCUT2D eigenvalue weighted by molar-refractivity contribution is 6.06. The highest BCUT2D eigenvalue weighted by Gasteiger charge is 2.29. The number of aromatic nitrogens is 1. The molecule has 0 unspecified atom stereocenters. The Kier molecular flexibility index (Phi) is 2.38. The van der Waals surface area contributed by atoms with Crippen LogP contribution in [0.4, 0.5) is 0 Å². The Hall–Kier alpha value is -1.91. The molecule has 0 bridgehead atoms. The van der Waals surface area contributed by atoms with Crippen LogP contribution in [-0.2, 0) is 16.0 Å². The lowest BCUT2D eigenvalue weighted by Gasteiger charge is -2.15. The monoisotopic (exact) mass is 221 g/mol. The van der Waals surface area contributed by atoms with Crippen molar-refractivity contribution in [3.63, 3.8) is 0 Å². The minimum Gasteiger partial charge on any atom is -0.464 e. The largest absolute Gasteiger partial charge is 0.464 e. The van der Waals surface area contributed by atoms with Gasteiger partial charge >= 0.3 is 5.97 Å². The van der Waals surface area contributed by atoms with Gasteiger partial charge in [0.1, 0.15) is 11.5 Å². The molecule has 0 saturated heterocycles. The highest BCUT2D eigenvalue weighted by Crippen LogP contribution is 2.22. The van der Waals surface area contributed by atoms with Crippen molar-refractivity contribution in [2.45, 2.75) is 19.8 Å². The predicted octanol–water partition coefficient (Wildman–Crippen LogP) is 0.739. The molecule has 1 aromatic rings. The van der Waals surface area contributed by atoms with Crippen LogP contribution in [0, 0.1) is 6.92 Å². The summed E-state index contributed by atoms with van der Waals surface area (Å²) in [6, 6.07) is 1.58. The minimum absolute atomic E-state index is 0.116. The lowest BCUT2D eigenvalue weighted by Crippen LogP contribution is -2.29. The van der Waals surface area contributed by atoms with Crippen LogP contribution in [0.25, 0.3) is 0 Å². The second-order valence-corrected chi connectivity index (χ2v) is 3.77. The first-order chi connectivity index (χ1) is 7.54. The molecule has 1 aromatic heterocycles. The molecule has 0 aromatic carbocycles. The second kappa shape index (κ2) is 3.59. The number of hydrogen-bond donors (Lipinski definition) is 0. The molecule has 2 rings (SSSR count). The van der Waals surface area contributed by atoms with Gasteiger partial charge in [-0.1, -0.05) is 0 Å². The number of ether oxygens (including phenoxy) is 1. The van der Waals surface area contributed by atoms with Crippen LogP contribution >= 0.6 is 0 Å². The number of fused-ring (bicyclic) bond motifs is 1. The molecular weight excluding hydrogens is 210 g/mol. The van der Waals surface area contributed by atoms with Gasteiger partial charge in [0.25, 0.3) is 0 Å². The van der Waals surface area contributed by atoms with Gasteiger partial charge in [0.2, 0.25) is 5.91 Å². The molecule has 1 aliphatic heterocycles. The van der Waals surface area contributed by atoms with Gasteiger partial charge in [0, 0.05) is 12.1 Å². The Morgan fingerprint density at radius 2 is 2.06 bits per heavy atom. The average molecular weight is 221 g/mol. The van der Waals surface area contributed by atoms with E-state index in [0.717, 1.165) is 5.56 Å². The molecule has 0 fully saturated rings. The van der Waals surface area contributed by atoms with Crippen LogP contribution in [0.2, 0.25) is 0 Å². The first-order valence-corrected chi connectivity index (χ1v) is 4.89. The normalized spacial score (nSPS) is 14.9. The summed E-state index contributed by atoms with van der Waals surface area (Å²) in [5.41, 5.74) is 1.57. The van der Waals surface area contributed by atoms with E-state index in [0.29, 0.717) is 5.69 Å². The molecule has 84 valence electrons. The summed E-state index contributed by atoms with van der Waals surface area (Å²) in [7, 11) is 1.26. The van der Waals surface area contributed by atoms with Crippen molar-refractivity contribution in [3.05, 3.63) is 23.0 Å². The smallest absolute Gasteiger partial charge is 0.355 e. The zero-order valence-electron chi connectivity index (χ0n) is 9.07. The molecule has 0 aliphatic carbocycles. The summed E-state index contributed by atoms with van der Waals surface area (Å²) >= 11 is 0. The van der Waals surface area contributed by atoms with Gasteiger partial charge in [-0.15, -0.1) is 0 Å². The fourth-order valence-electron chi connectivity index (χ4n) is 1.93. The molecule has 0 radical (unpaired) electrons. The topological polar surface area (TPSA) is 65.4 Å². The molecule has 5 nitrogen and oxygen atoms in total. The van der Waals surface area contributed by atoms with Crippen LogP contribution < -0.4 is 0 Å². The third-order valence-corrected chi connectivity index (χ3v) is 2.68. The zero-order chi connectivity index (χ0) is 11.9. The number of Topliss-reactive ketones (excluding diaryl/α,β-unsaturated/α-hetero) is 1. The van der Waals surface area contributed by atoms with Crippen LogP contribution in [0.15, 0.2) is 6.07 Å². The third kappa shape index (κ3) is 1.44. The van der Waals surface area contributed by atoms with E-state index in [-0.39, 0.29) is 30.2 Å². The summed E-state index contributed by atoms with van der Waals surface area (Å²) in [4.78, 5) is 34.4. The number of methoxy groups -OCH3 is 1. The maximum absolute atomic E-state index is 11.7. The van der Waals surface area contributed by atoms with E-state index in [1.54, 1.807) is 13.0 Å². The Morgan fingerprint density at radius 3 is 2.69 bits per heavy atom. The summed E-state index contributed by atoms with van der Waals surface area (Å²) in [5.74, 6) is -1.04. The number of ketones is 1. The van der Waals surface area contributed by atoms with Crippen LogP contribution in [-0.4, -0.2) is 29.3 Å². The van der Waals surface area contributed by atoms with Gasteiger partial charge in [0.05, 0.1) is 13.5 Å². The number of esters is 1. The molecule has 0 spiro atoms. The van der Waals surface area contributed by atoms with Gasteiger partial charge in [-0.25, -0.2) is 4.79 Å². The van der Waals surface area contributed by atoms with Crippen molar-refractivity contribution < 1.29 is 19.1 Å². The Morgan fingerprint density at radius 1 is 1.38 bits per heavy atom. The van der Waals surface area contributed by atoms with E-state index in [1.807, 2.05) is 0 Å². The molecule has 0 saturated carbocycles. The lowest BCUT2D eigenvalue weighted by atomic mass is 10.1. The highest BCUT2D eigenvalue weighted by atomic mass is 16.5. The van der Waals surface area contributed by atoms with Gasteiger partial charge in [-0.05, 0) is 18.6 Å². The number of nitrogens with zero attached hydrogens (tertiary/aromatic N) is 1. The Balaban J connectivity index is 2.60. The van der Waals surface area contributed by atoms with Crippen LogP contribution in [0.1, 0.15) is 33.0 Å². The van der Waals surface area contributed by atoms with Gasteiger partial charge in [-0.2, -0.15) is 0 Å². The fourth-order valence-corrected chi connectivity index (χ4v) is 1.93. The van der Waals surface area contributed by atoms with Crippen molar-refractivity contribution >= 4 is 17.7 Å². The molecule has 1 aliphatic rings. The lowest BCUT2D eigenvalue weighted by molar-refractivity contribution is -0.118. The minimum atomic E-state index is -0.558. The quantitative estimate of drug-likeness (QED) is 0.518. The van der Waals surface area contributed by atoms with Crippen molar-refractivity contribution in [3.8, 4) is 0 Å². The van der Waals surface area contributed by atoms with E-state index in [9.17, 15) is 14.4 Å². The van der Waals surface area contributed by atoms with Gasteiger partial charge in [-0.3, -0.25) is 14.2 Å². The maximum atomic E-state index is 11.7. The van der Waals surface area contributed by atoms with E-state index < -0.39 is 5.97 Å². The molecule has 5 heteroatoms. The van der Waals surface area contributed by atoms with Gasteiger partial charge in [0.15, 0.2) is 0 Å². The number of hydrogen-bond acceptors (Lipinski definition) is 4. The molecular formula is C11H11NO4. The number of rotatable bonds is 1. The standard InChI is InChI=1S/C11H11NO4/c1-6-3-9(11(15)16-2)12-8(6)4-7(13)5-10(12)14/h3H,4-5H2,1-2H3. The number of aryl methyl sites for hydroxylation is 1. The molecule has 0 atom stereocenters. The number of carbonyl (C=O) groups is 3. The second-order valence-electron chi connectivity index (χ2n) is 3.77. The van der Waals surface area contributed by atoms with Crippen molar-refractivity contribution in [1.82, 2.24) is 4.57 Å². The molecule has 0 N–H and O–H groups in total. The summed E-state index contributed by atoms with van der Waals surface area (Å²) in [6.07, 6.45) is 0.0552. The average Bonchev–Trinajstić information content (AvgIpc) is 2.55. The van der Waals surface area contributed by atoms with E-state index in [2.05, 4.69) is 4.74 Å². The SMILES string of the molecule is COC(=O)c1cc(C)c2n1C(=O)CC(=O)C2. The third-order valence-electron chi connectivity index (χ3n) is 2.68. The van der Waals surface area contributed by atoms with E-state index >= 15 is 0 Å². The predicted molar refractivity (Wildman–Crippen MR) is 54.5 cm³/mol. The first-order valence-electron chi connectivity index (χ1n) is 4.89. The molecule has 2 heterocycles. The summed E-state index contributed by atoms with van der Waals surface area (Å²) < 4.78 is 5.89. The van der Waals surface area contributed by atoms with E-state index in [1.165, 1.54) is 11.7 Å². The molecule has 0 amide bonds. The van der Waals surface area contributed by atoms with E-state index in [4.69, 9.17) is 0 Å². The van der Waals surface area contributed by atoms with Crippen molar-refractivity contribution in [1.29, 1.82) is 0 Å². The van der Waals surface area contributed by atoms with Crippen LogP contribution in [0.3, 0.4) is 0 Å². The maximum Gasteiger partial charge on any atom is 0.355 e. The zero-order valence-corrected chi connectivity index (χ0v) is 9.07. The number of carbonyl (C=O) groups excluding carboxylic acids is 3.